The Bertz CT molecular complexity index is 2410. The standard InChI is InChI=1S/C34H30BrN5O9/c1-37-24-15-28(49-4)27(48-3)14-22(24)36-21(32(37)44)8-9-38-33(45)39-10-7-17-23(40(39)34(38)46)12-19-30(26(42)13-20(35)31(19)43)29(17)18-6-5-16(47-2)11-25(18)41/h5-7,11,13-15,23,29,41H,8-10,12H2,1-4H3. The molecule has 252 valence electrons. The summed E-state index contributed by atoms with van der Waals surface area (Å²) in [5.74, 6) is -0.569. The maximum atomic E-state index is 14.1. The number of halogens is 1. The Morgan fingerprint density at radius 1 is 0.980 bits per heavy atom. The van der Waals surface area contributed by atoms with E-state index in [0.29, 0.717) is 39.4 Å². The van der Waals surface area contributed by atoms with E-state index in [-0.39, 0.29) is 53.0 Å². The summed E-state index contributed by atoms with van der Waals surface area (Å²) >= 11 is 3.20. The van der Waals surface area contributed by atoms with Crippen molar-refractivity contribution < 1.29 is 28.9 Å². The number of ether oxygens (including phenoxy) is 3. The van der Waals surface area contributed by atoms with E-state index in [0.717, 1.165) is 4.57 Å². The Morgan fingerprint density at radius 3 is 2.41 bits per heavy atom. The lowest BCUT2D eigenvalue weighted by molar-refractivity contribution is -0.115. The third-order valence-electron chi connectivity index (χ3n) is 9.45. The fourth-order valence-electron chi connectivity index (χ4n) is 7.06. The quantitative estimate of drug-likeness (QED) is 0.220. The van der Waals surface area contributed by atoms with Crippen LogP contribution in [-0.2, 0) is 36.1 Å². The number of rotatable bonds is 7. The van der Waals surface area contributed by atoms with Gasteiger partial charge >= 0.3 is 11.4 Å². The number of phenols is 1. The molecule has 0 fully saturated rings. The van der Waals surface area contributed by atoms with Crippen LogP contribution in [0.15, 0.2) is 78.1 Å². The first-order valence-corrected chi connectivity index (χ1v) is 16.1. The number of aromatic nitrogens is 5. The molecule has 7 rings (SSSR count). The van der Waals surface area contributed by atoms with Crippen molar-refractivity contribution in [2.75, 3.05) is 21.3 Å². The van der Waals surface area contributed by atoms with E-state index in [1.54, 1.807) is 37.4 Å². The molecule has 0 saturated carbocycles. The zero-order valence-corrected chi connectivity index (χ0v) is 28.4. The lowest BCUT2D eigenvalue weighted by atomic mass is 9.68. The van der Waals surface area contributed by atoms with E-state index in [1.165, 1.54) is 47.4 Å². The topological polar surface area (TPSA) is 166 Å². The summed E-state index contributed by atoms with van der Waals surface area (Å²) in [4.78, 5) is 72.6. The number of allylic oxidation sites excluding steroid dienone is 6. The summed E-state index contributed by atoms with van der Waals surface area (Å²) in [5, 5.41) is 11.1. The Morgan fingerprint density at radius 2 is 1.71 bits per heavy atom. The van der Waals surface area contributed by atoms with E-state index in [2.05, 4.69) is 20.9 Å². The molecule has 0 bridgehead atoms. The number of carbonyl (C=O) groups is 2. The molecular formula is C34H30BrN5O9. The Kier molecular flexibility index (Phi) is 7.81. The molecule has 15 heteroatoms. The van der Waals surface area contributed by atoms with Gasteiger partial charge in [0, 0.05) is 73.3 Å². The number of phenolic OH excluding ortho intramolecular Hbond substituents is 1. The van der Waals surface area contributed by atoms with Crippen LogP contribution in [0.25, 0.3) is 11.0 Å². The second-order valence-electron chi connectivity index (χ2n) is 11.9. The number of nitrogens with zero attached hydrogens (tertiary/aromatic N) is 5. The number of hydrogen-bond donors (Lipinski definition) is 1. The van der Waals surface area contributed by atoms with Crippen LogP contribution in [0, 0.1) is 0 Å². The summed E-state index contributed by atoms with van der Waals surface area (Å²) in [6.07, 6.45) is 2.93. The average Bonchev–Trinajstić information content (AvgIpc) is 3.35. The molecule has 3 heterocycles. The van der Waals surface area contributed by atoms with Crippen molar-refractivity contribution in [1.29, 1.82) is 0 Å². The van der Waals surface area contributed by atoms with E-state index < -0.39 is 40.5 Å². The normalized spacial score (nSPS) is 18.5. The van der Waals surface area contributed by atoms with Crippen molar-refractivity contribution in [1.82, 2.24) is 23.5 Å². The molecule has 2 aliphatic carbocycles. The summed E-state index contributed by atoms with van der Waals surface area (Å²) in [7, 11) is 6.04. The van der Waals surface area contributed by atoms with Crippen molar-refractivity contribution in [3.8, 4) is 23.0 Å². The number of benzene rings is 2. The molecule has 0 amide bonds. The molecule has 2 aromatic heterocycles. The van der Waals surface area contributed by atoms with Crippen molar-refractivity contribution in [3.63, 3.8) is 0 Å². The minimum absolute atomic E-state index is 0.00221. The number of methoxy groups -OCH3 is 3. The smallest absolute Gasteiger partial charge is 0.347 e. The maximum Gasteiger partial charge on any atom is 0.347 e. The third kappa shape index (κ3) is 4.90. The van der Waals surface area contributed by atoms with Crippen molar-refractivity contribution in [2.45, 2.75) is 37.9 Å². The van der Waals surface area contributed by atoms with E-state index in [4.69, 9.17) is 14.2 Å². The Labute approximate surface area is 285 Å². The van der Waals surface area contributed by atoms with Gasteiger partial charge in [0.25, 0.3) is 5.56 Å². The van der Waals surface area contributed by atoms with Crippen molar-refractivity contribution >= 4 is 38.5 Å². The summed E-state index contributed by atoms with van der Waals surface area (Å²) < 4.78 is 21.1. The molecule has 14 nitrogen and oxygen atoms in total. The molecule has 4 aromatic rings. The van der Waals surface area contributed by atoms with Crippen molar-refractivity contribution in [3.05, 3.63) is 106 Å². The minimum atomic E-state index is -0.868. The second-order valence-corrected chi connectivity index (χ2v) is 12.7. The van der Waals surface area contributed by atoms with Crippen LogP contribution in [0.1, 0.15) is 29.6 Å². The highest BCUT2D eigenvalue weighted by Gasteiger charge is 2.45. The molecule has 1 N–H and O–H groups in total. The minimum Gasteiger partial charge on any atom is -0.507 e. The van der Waals surface area contributed by atoms with Crippen LogP contribution in [-0.4, -0.2) is 61.5 Å². The van der Waals surface area contributed by atoms with Gasteiger partial charge in [-0.3, -0.25) is 14.4 Å². The summed E-state index contributed by atoms with van der Waals surface area (Å²) in [5.41, 5.74) is 0.853. The predicted molar refractivity (Wildman–Crippen MR) is 180 cm³/mol. The van der Waals surface area contributed by atoms with Crippen LogP contribution >= 0.6 is 15.9 Å². The van der Waals surface area contributed by atoms with Crippen LogP contribution < -0.4 is 31.1 Å². The number of ketones is 2. The number of Topliss-reactive ketones (excluding diaryl/α,β-unsaturated/α-hetero) is 1. The van der Waals surface area contributed by atoms with Gasteiger partial charge in [0.1, 0.15) is 17.2 Å². The van der Waals surface area contributed by atoms with E-state index in [9.17, 15) is 29.1 Å². The highest BCUT2D eigenvalue weighted by molar-refractivity contribution is 9.12. The first-order valence-electron chi connectivity index (χ1n) is 15.3. The number of aryl methyl sites for hydroxylation is 2. The predicted octanol–water partition coefficient (Wildman–Crippen LogP) is 2.43. The zero-order chi connectivity index (χ0) is 34.9. The van der Waals surface area contributed by atoms with Gasteiger partial charge in [0.05, 0.1) is 49.4 Å². The molecule has 1 aliphatic heterocycles. The van der Waals surface area contributed by atoms with Crippen LogP contribution in [0.4, 0.5) is 0 Å². The first-order chi connectivity index (χ1) is 23.5. The van der Waals surface area contributed by atoms with Gasteiger partial charge in [-0.1, -0.05) is 12.1 Å². The van der Waals surface area contributed by atoms with Gasteiger partial charge in [-0.15, -0.1) is 0 Å². The van der Waals surface area contributed by atoms with Crippen molar-refractivity contribution in [2.24, 2.45) is 7.05 Å². The van der Waals surface area contributed by atoms with Gasteiger partial charge in [-0.05, 0) is 27.6 Å². The fourth-order valence-corrected chi connectivity index (χ4v) is 7.50. The molecule has 0 spiro atoms. The zero-order valence-electron chi connectivity index (χ0n) is 26.9. The van der Waals surface area contributed by atoms with Gasteiger partial charge in [-0.25, -0.2) is 28.5 Å². The average molecular weight is 733 g/mol. The second kappa shape index (κ2) is 11.9. The van der Waals surface area contributed by atoms with E-state index >= 15 is 0 Å². The first kappa shape index (κ1) is 32.1. The molecule has 2 atom stereocenters. The lowest BCUT2D eigenvalue weighted by Gasteiger charge is -2.39. The highest BCUT2D eigenvalue weighted by Crippen LogP contribution is 2.51. The Hall–Kier alpha value is -5.44. The van der Waals surface area contributed by atoms with Crippen LogP contribution in [0.5, 0.6) is 23.0 Å². The SMILES string of the molecule is COc1ccc(C2C3=CCn4c(=O)n(CCc5nc6cc(OC)c(OC)cc6n(C)c5=O)c(=O)n4C3CC3=C2C(=O)C=C(Br)C3=O)c(O)c1. The van der Waals surface area contributed by atoms with Gasteiger partial charge in [-0.2, -0.15) is 0 Å². The largest absolute Gasteiger partial charge is 0.507 e. The van der Waals surface area contributed by atoms with Crippen LogP contribution in [0.3, 0.4) is 0 Å². The van der Waals surface area contributed by atoms with E-state index in [1.807, 2.05) is 0 Å². The maximum absolute atomic E-state index is 14.1. The third-order valence-corrected chi connectivity index (χ3v) is 10.0. The number of aromatic hydroxyl groups is 1. The molecular weight excluding hydrogens is 702 g/mol. The molecule has 0 radical (unpaired) electrons. The Balaban J connectivity index is 1.30. The molecule has 2 unspecified atom stereocenters. The molecule has 0 saturated heterocycles. The number of carbonyl (C=O) groups excluding carboxylic acids is 2. The van der Waals surface area contributed by atoms with Gasteiger partial charge in [0.15, 0.2) is 23.1 Å². The number of hydrogen-bond acceptors (Lipinski definition) is 10. The van der Waals surface area contributed by atoms with Gasteiger partial charge < -0.3 is 23.9 Å². The lowest BCUT2D eigenvalue weighted by Crippen LogP contribution is -2.40. The monoisotopic (exact) mass is 731 g/mol. The molecule has 2 aromatic carbocycles. The summed E-state index contributed by atoms with van der Waals surface area (Å²) in [6, 6.07) is 7.16. The highest BCUT2D eigenvalue weighted by atomic mass is 79.9. The summed E-state index contributed by atoms with van der Waals surface area (Å²) in [6.45, 7) is -0.141. The molecule has 3 aliphatic rings. The van der Waals surface area contributed by atoms with Gasteiger partial charge in [0.2, 0.25) is 0 Å². The van der Waals surface area contributed by atoms with Crippen LogP contribution in [0.2, 0.25) is 0 Å². The fraction of sp³-hybridized carbons (Fsp3) is 0.294. The molecule has 49 heavy (non-hydrogen) atoms. The number of fused-ring (bicyclic) bond motifs is 4.